The van der Waals surface area contributed by atoms with Crippen molar-refractivity contribution in [3.63, 3.8) is 0 Å². The minimum absolute atomic E-state index is 0.0303. The van der Waals surface area contributed by atoms with Crippen molar-refractivity contribution in [2.75, 3.05) is 0 Å². The van der Waals surface area contributed by atoms with Crippen molar-refractivity contribution in [3.05, 3.63) is 107 Å². The van der Waals surface area contributed by atoms with Crippen molar-refractivity contribution in [2.24, 2.45) is 11.1 Å². The maximum atomic E-state index is 14.3. The normalized spacial score (nSPS) is 14.0. The number of aromatic nitrogens is 1. The van der Waals surface area contributed by atoms with Crippen LogP contribution in [0.4, 0.5) is 0 Å². The fourth-order valence-electron chi connectivity index (χ4n) is 7.99. The van der Waals surface area contributed by atoms with E-state index in [9.17, 15) is 14.4 Å². The lowest BCUT2D eigenvalue weighted by molar-refractivity contribution is -0.140. The van der Waals surface area contributed by atoms with Gasteiger partial charge in [0, 0.05) is 57.4 Å². The molecule has 6 nitrogen and oxygen atoms in total. The molecule has 5 aromatic rings. The number of carbonyl (C=O) groups excluding carboxylic acids is 3. The summed E-state index contributed by atoms with van der Waals surface area (Å²) in [6.07, 6.45) is 8.88. The minimum Gasteiger partial charge on any atom is -0.340 e. The number of Topliss-reactive ketones (excluding diaryl/α,β-unsaturated/α-hetero) is 1. The Labute approximate surface area is 308 Å². The lowest BCUT2D eigenvalue weighted by Gasteiger charge is -2.21. The third kappa shape index (κ3) is 7.26. The lowest BCUT2D eigenvalue weighted by atomic mass is 9.82. The molecule has 0 saturated heterocycles. The number of hydrogen-bond donors (Lipinski definition) is 0. The summed E-state index contributed by atoms with van der Waals surface area (Å²) in [7, 11) is 0. The van der Waals surface area contributed by atoms with Crippen LogP contribution in [0.25, 0.3) is 32.9 Å². The first-order valence-corrected chi connectivity index (χ1v) is 19.2. The van der Waals surface area contributed by atoms with Crippen LogP contribution in [0.2, 0.25) is 0 Å². The molecule has 1 heterocycles. The Kier molecular flexibility index (Phi) is 11.2. The van der Waals surface area contributed by atoms with E-state index < -0.39 is 5.97 Å². The van der Waals surface area contributed by atoms with Crippen molar-refractivity contribution in [1.29, 1.82) is 0 Å². The first-order valence-electron chi connectivity index (χ1n) is 19.2. The lowest BCUT2D eigenvalue weighted by Crippen LogP contribution is -2.16. The van der Waals surface area contributed by atoms with E-state index in [2.05, 4.69) is 86.8 Å². The highest BCUT2D eigenvalue weighted by Crippen LogP contribution is 2.48. The summed E-state index contributed by atoms with van der Waals surface area (Å²) in [5, 5.41) is 5.87. The van der Waals surface area contributed by atoms with E-state index in [-0.39, 0.29) is 22.7 Å². The van der Waals surface area contributed by atoms with Crippen LogP contribution in [0, 0.1) is 5.92 Å². The Bertz CT molecular complexity index is 2170. The highest BCUT2D eigenvalue weighted by molar-refractivity contribution is 6.46. The number of unbranched alkanes of at least 4 members (excludes halogenated alkanes) is 4. The SMILES string of the molecule is CCCCCC/C(=N\OC(C)=O)C(=O)c1ccc2c(c1)c1cc(C(=O)c3ccc4c(c3)-c3ccccc3C4(C)C)ccc1n2CC(CC)CCCC. The van der Waals surface area contributed by atoms with Crippen LogP contribution in [0.1, 0.15) is 137 Å². The molecule has 270 valence electrons. The van der Waals surface area contributed by atoms with E-state index in [1.807, 2.05) is 36.4 Å². The smallest absolute Gasteiger partial charge is 0.331 e. The van der Waals surface area contributed by atoms with Crippen molar-refractivity contribution >= 4 is 45.1 Å². The molecule has 0 bridgehead atoms. The van der Waals surface area contributed by atoms with Crippen LogP contribution in [-0.2, 0) is 21.6 Å². The molecule has 1 aliphatic rings. The molecule has 0 amide bonds. The monoisotopic (exact) mass is 696 g/mol. The zero-order chi connectivity index (χ0) is 37.0. The van der Waals surface area contributed by atoms with Crippen LogP contribution in [0.5, 0.6) is 0 Å². The predicted molar refractivity (Wildman–Crippen MR) is 212 cm³/mol. The van der Waals surface area contributed by atoms with Crippen molar-refractivity contribution < 1.29 is 19.2 Å². The highest BCUT2D eigenvalue weighted by atomic mass is 16.7. The van der Waals surface area contributed by atoms with Gasteiger partial charge < -0.3 is 9.40 Å². The van der Waals surface area contributed by atoms with Crippen LogP contribution < -0.4 is 0 Å². The summed E-state index contributed by atoms with van der Waals surface area (Å²) >= 11 is 0. The predicted octanol–water partition coefficient (Wildman–Crippen LogP) is 11.6. The molecule has 0 spiro atoms. The van der Waals surface area contributed by atoms with Gasteiger partial charge in [0.05, 0.1) is 0 Å². The van der Waals surface area contributed by atoms with Gasteiger partial charge in [-0.2, -0.15) is 0 Å². The molecule has 1 unspecified atom stereocenters. The second-order valence-corrected chi connectivity index (χ2v) is 15.0. The summed E-state index contributed by atoms with van der Waals surface area (Å²) in [5.41, 5.74) is 8.76. The van der Waals surface area contributed by atoms with Gasteiger partial charge in [0.25, 0.3) is 0 Å². The van der Waals surface area contributed by atoms with Crippen LogP contribution in [0.15, 0.2) is 84.0 Å². The first kappa shape index (κ1) is 36.9. The summed E-state index contributed by atoms with van der Waals surface area (Å²) in [4.78, 5) is 44.8. The Balaban J connectivity index is 1.43. The van der Waals surface area contributed by atoms with E-state index in [4.69, 9.17) is 4.84 Å². The average Bonchev–Trinajstić information content (AvgIpc) is 3.58. The molecule has 0 aliphatic heterocycles. The largest absolute Gasteiger partial charge is 0.340 e. The molecule has 0 saturated carbocycles. The first-order chi connectivity index (χ1) is 25.1. The Morgan fingerprint density at radius 1 is 0.731 bits per heavy atom. The van der Waals surface area contributed by atoms with Crippen molar-refractivity contribution in [1.82, 2.24) is 4.57 Å². The number of nitrogens with zero attached hydrogens (tertiary/aromatic N) is 2. The summed E-state index contributed by atoms with van der Waals surface area (Å²) < 4.78 is 2.37. The van der Waals surface area contributed by atoms with Crippen LogP contribution in [-0.4, -0.2) is 27.8 Å². The van der Waals surface area contributed by atoms with E-state index in [1.54, 1.807) is 0 Å². The number of hydrogen-bond acceptors (Lipinski definition) is 5. The second-order valence-electron chi connectivity index (χ2n) is 15.0. The molecular formula is C46H52N2O4. The van der Waals surface area contributed by atoms with E-state index in [0.29, 0.717) is 29.0 Å². The van der Waals surface area contributed by atoms with Gasteiger partial charge in [-0.15, -0.1) is 0 Å². The van der Waals surface area contributed by atoms with E-state index in [0.717, 1.165) is 78.9 Å². The molecule has 0 N–H and O–H groups in total. The summed E-state index contributed by atoms with van der Waals surface area (Å²) in [5.74, 6) is -0.328. The van der Waals surface area contributed by atoms with Crippen molar-refractivity contribution in [3.8, 4) is 11.1 Å². The molecule has 0 fully saturated rings. The Hall–Kier alpha value is -4.84. The molecule has 1 aliphatic carbocycles. The zero-order valence-corrected chi connectivity index (χ0v) is 31.7. The van der Waals surface area contributed by atoms with Crippen LogP contribution >= 0.6 is 0 Å². The maximum absolute atomic E-state index is 14.3. The van der Waals surface area contributed by atoms with Gasteiger partial charge in [-0.1, -0.05) is 115 Å². The average molecular weight is 697 g/mol. The number of oxime groups is 1. The topological polar surface area (TPSA) is 77.7 Å². The van der Waals surface area contributed by atoms with Gasteiger partial charge in [-0.3, -0.25) is 9.59 Å². The van der Waals surface area contributed by atoms with E-state index >= 15 is 0 Å². The molecule has 0 radical (unpaired) electrons. The Morgan fingerprint density at radius 3 is 2.06 bits per heavy atom. The molecule has 1 aromatic heterocycles. The number of ketones is 2. The Morgan fingerprint density at radius 2 is 1.37 bits per heavy atom. The number of fused-ring (bicyclic) bond motifs is 6. The molecule has 4 aromatic carbocycles. The van der Waals surface area contributed by atoms with Gasteiger partial charge >= 0.3 is 5.97 Å². The number of benzene rings is 4. The molecule has 6 rings (SSSR count). The van der Waals surface area contributed by atoms with Gasteiger partial charge in [0.1, 0.15) is 5.71 Å². The van der Waals surface area contributed by atoms with E-state index in [1.165, 1.54) is 30.0 Å². The summed E-state index contributed by atoms with van der Waals surface area (Å²) in [6.45, 7) is 13.2. The molecule has 1 atom stereocenters. The van der Waals surface area contributed by atoms with Gasteiger partial charge in [0.2, 0.25) is 5.78 Å². The fourth-order valence-corrected chi connectivity index (χ4v) is 7.99. The van der Waals surface area contributed by atoms with Crippen LogP contribution in [0.3, 0.4) is 0 Å². The van der Waals surface area contributed by atoms with Gasteiger partial charge in [-0.25, -0.2) is 4.79 Å². The second kappa shape index (κ2) is 15.8. The maximum Gasteiger partial charge on any atom is 0.331 e. The fraction of sp³-hybridized carbons (Fsp3) is 0.391. The quantitative estimate of drug-likeness (QED) is 0.0338. The standard InChI is InChI=1S/C46H52N2O4/c1-7-10-12-13-19-41(47-52-30(4)49)45(51)34-22-25-43-38(28-34)37-27-33(21-24-42(37)48(43)29-31(9-3)16-11-8-2)44(50)32-20-23-40-36(26-32)35-17-14-15-18-39(35)46(40,5)6/h14-15,17-18,20-28,31H,7-13,16,19,29H2,1-6H3/b47-41+. The van der Waals surface area contributed by atoms with Gasteiger partial charge in [0.15, 0.2) is 5.78 Å². The van der Waals surface area contributed by atoms with Crippen molar-refractivity contribution in [2.45, 2.75) is 111 Å². The third-order valence-electron chi connectivity index (χ3n) is 11.0. The minimum atomic E-state index is -0.556. The van der Waals surface area contributed by atoms with Gasteiger partial charge in [-0.05, 0) is 89.9 Å². The molecular weight excluding hydrogens is 645 g/mol. The molecule has 6 heteroatoms. The highest BCUT2D eigenvalue weighted by Gasteiger charge is 2.35. The molecule has 52 heavy (non-hydrogen) atoms. The third-order valence-corrected chi connectivity index (χ3v) is 11.0. The summed E-state index contributed by atoms with van der Waals surface area (Å²) in [6, 6.07) is 26.4. The number of carbonyl (C=O) groups is 3. The number of rotatable bonds is 16. The zero-order valence-electron chi connectivity index (χ0n) is 31.7.